The average Bonchev–Trinajstić information content (AvgIpc) is 2.85. The number of hydrogen-bond donors (Lipinski definition) is 1. The Morgan fingerprint density at radius 3 is 2.57 bits per heavy atom. The molecular weight excluding hydrogens is 194 g/mol. The summed E-state index contributed by atoms with van der Waals surface area (Å²) < 4.78 is 11.8. The zero-order chi connectivity index (χ0) is 10.6. The van der Waals surface area contributed by atoms with Gasteiger partial charge in [-0.25, -0.2) is 0 Å². The van der Waals surface area contributed by atoms with Gasteiger partial charge < -0.3 is 5.73 Å². The van der Waals surface area contributed by atoms with Crippen LogP contribution in [0.5, 0.6) is 0 Å². The van der Waals surface area contributed by atoms with Crippen LogP contribution >= 0.6 is 0 Å². The van der Waals surface area contributed by atoms with Gasteiger partial charge in [0.1, 0.15) is 0 Å². The molecule has 0 aromatic carbocycles. The van der Waals surface area contributed by atoms with Gasteiger partial charge in [0.2, 0.25) is 0 Å². The molecule has 3 heteroatoms. The SMILES string of the molecule is CCC(C)CS(=O)CC1(CCN)CC1. The normalized spacial score (nSPS) is 23.1. The first-order valence-electron chi connectivity index (χ1n) is 5.67. The van der Waals surface area contributed by atoms with Gasteiger partial charge in [0.15, 0.2) is 0 Å². The molecule has 2 N–H and O–H groups in total. The lowest BCUT2D eigenvalue weighted by Crippen LogP contribution is -2.20. The van der Waals surface area contributed by atoms with Crippen molar-refractivity contribution < 1.29 is 4.21 Å². The number of rotatable bonds is 7. The molecule has 2 nitrogen and oxygen atoms in total. The van der Waals surface area contributed by atoms with E-state index in [0.29, 0.717) is 11.3 Å². The highest BCUT2D eigenvalue weighted by molar-refractivity contribution is 7.85. The Labute approximate surface area is 90.1 Å². The van der Waals surface area contributed by atoms with Crippen LogP contribution in [-0.4, -0.2) is 22.3 Å². The third kappa shape index (κ3) is 3.70. The largest absolute Gasteiger partial charge is 0.330 e. The molecule has 0 radical (unpaired) electrons. The molecule has 14 heavy (non-hydrogen) atoms. The predicted octanol–water partition coefficient (Wildman–Crippen LogP) is 1.91. The minimum Gasteiger partial charge on any atom is -0.330 e. The number of nitrogens with two attached hydrogens (primary N) is 1. The highest BCUT2D eigenvalue weighted by atomic mass is 32.2. The summed E-state index contributed by atoms with van der Waals surface area (Å²) in [6.45, 7) is 5.09. The van der Waals surface area contributed by atoms with E-state index in [0.717, 1.165) is 30.9 Å². The van der Waals surface area contributed by atoms with Crippen molar-refractivity contribution in [3.8, 4) is 0 Å². The summed E-state index contributed by atoms with van der Waals surface area (Å²) in [5, 5.41) is 0. The van der Waals surface area contributed by atoms with Gasteiger partial charge in [0, 0.05) is 22.3 Å². The van der Waals surface area contributed by atoms with E-state index in [2.05, 4.69) is 13.8 Å². The molecule has 0 aromatic rings. The maximum atomic E-state index is 11.8. The lowest BCUT2D eigenvalue weighted by Gasteiger charge is -2.15. The Bertz CT molecular complexity index is 201. The fraction of sp³-hybridized carbons (Fsp3) is 1.00. The number of hydrogen-bond acceptors (Lipinski definition) is 2. The molecule has 0 saturated heterocycles. The van der Waals surface area contributed by atoms with E-state index in [-0.39, 0.29) is 0 Å². The molecular formula is C11H23NOS. The summed E-state index contributed by atoms with van der Waals surface area (Å²) in [5.74, 6) is 2.38. The molecule has 0 bridgehead atoms. The van der Waals surface area contributed by atoms with Crippen LogP contribution in [0.25, 0.3) is 0 Å². The molecule has 0 aromatic heterocycles. The summed E-state index contributed by atoms with van der Waals surface area (Å²) in [6, 6.07) is 0. The van der Waals surface area contributed by atoms with Crippen molar-refractivity contribution in [3.05, 3.63) is 0 Å². The van der Waals surface area contributed by atoms with Gasteiger partial charge in [-0.3, -0.25) is 4.21 Å². The van der Waals surface area contributed by atoms with E-state index < -0.39 is 10.8 Å². The Kier molecular flexibility index (Phi) is 4.58. The lowest BCUT2D eigenvalue weighted by atomic mass is 10.1. The van der Waals surface area contributed by atoms with Gasteiger partial charge in [-0.15, -0.1) is 0 Å². The van der Waals surface area contributed by atoms with Crippen LogP contribution in [0.15, 0.2) is 0 Å². The zero-order valence-corrected chi connectivity index (χ0v) is 10.2. The highest BCUT2D eigenvalue weighted by Gasteiger charge is 2.42. The smallest absolute Gasteiger partial charge is 0.0292 e. The summed E-state index contributed by atoms with van der Waals surface area (Å²) >= 11 is 0. The Morgan fingerprint density at radius 2 is 2.14 bits per heavy atom. The first-order chi connectivity index (χ1) is 6.62. The fourth-order valence-corrected chi connectivity index (χ4v) is 3.89. The van der Waals surface area contributed by atoms with Gasteiger partial charge in [-0.1, -0.05) is 20.3 Å². The molecule has 1 aliphatic carbocycles. The van der Waals surface area contributed by atoms with E-state index in [1.54, 1.807) is 0 Å². The van der Waals surface area contributed by atoms with Crippen LogP contribution in [0, 0.1) is 11.3 Å². The predicted molar refractivity (Wildman–Crippen MR) is 62.7 cm³/mol. The van der Waals surface area contributed by atoms with E-state index in [4.69, 9.17) is 5.73 Å². The topological polar surface area (TPSA) is 43.1 Å². The molecule has 1 fully saturated rings. The third-order valence-electron chi connectivity index (χ3n) is 3.27. The average molecular weight is 217 g/mol. The van der Waals surface area contributed by atoms with Crippen LogP contribution in [0.3, 0.4) is 0 Å². The van der Waals surface area contributed by atoms with Gasteiger partial charge in [-0.05, 0) is 37.1 Å². The van der Waals surface area contributed by atoms with Crippen LogP contribution in [-0.2, 0) is 10.8 Å². The second-order valence-electron chi connectivity index (χ2n) is 4.80. The Hall–Kier alpha value is 0.110. The second kappa shape index (κ2) is 5.26. The van der Waals surface area contributed by atoms with Crippen LogP contribution in [0.2, 0.25) is 0 Å². The molecule has 2 atom stereocenters. The van der Waals surface area contributed by atoms with Gasteiger partial charge in [0.25, 0.3) is 0 Å². The van der Waals surface area contributed by atoms with E-state index >= 15 is 0 Å². The standard InChI is InChI=1S/C11H23NOS/c1-3-10(2)8-14(13)9-11(4-5-11)6-7-12/h10H,3-9,12H2,1-2H3. The summed E-state index contributed by atoms with van der Waals surface area (Å²) in [7, 11) is -0.614. The van der Waals surface area contributed by atoms with Gasteiger partial charge in [-0.2, -0.15) is 0 Å². The molecule has 0 aliphatic heterocycles. The Balaban J connectivity index is 2.26. The third-order valence-corrected chi connectivity index (χ3v) is 5.14. The molecule has 0 heterocycles. The molecule has 0 amide bonds. The van der Waals surface area contributed by atoms with E-state index in [1.807, 2.05) is 0 Å². The fourth-order valence-electron chi connectivity index (χ4n) is 1.79. The molecule has 1 saturated carbocycles. The van der Waals surface area contributed by atoms with Crippen LogP contribution in [0.1, 0.15) is 39.5 Å². The quantitative estimate of drug-likeness (QED) is 0.708. The van der Waals surface area contributed by atoms with Crippen molar-refractivity contribution in [2.24, 2.45) is 17.1 Å². The molecule has 1 rings (SSSR count). The summed E-state index contributed by atoms with van der Waals surface area (Å²) in [5.41, 5.74) is 5.94. The van der Waals surface area contributed by atoms with Crippen molar-refractivity contribution in [1.29, 1.82) is 0 Å². The van der Waals surface area contributed by atoms with Gasteiger partial charge >= 0.3 is 0 Å². The minimum atomic E-state index is -0.614. The monoisotopic (exact) mass is 217 g/mol. The minimum absolute atomic E-state index is 0.382. The Morgan fingerprint density at radius 1 is 1.50 bits per heavy atom. The van der Waals surface area contributed by atoms with Crippen molar-refractivity contribution in [1.82, 2.24) is 0 Å². The second-order valence-corrected chi connectivity index (χ2v) is 6.30. The maximum Gasteiger partial charge on any atom is 0.0292 e. The highest BCUT2D eigenvalue weighted by Crippen LogP contribution is 2.49. The van der Waals surface area contributed by atoms with Crippen molar-refractivity contribution in [2.75, 3.05) is 18.1 Å². The first kappa shape index (κ1) is 12.2. The molecule has 0 spiro atoms. The van der Waals surface area contributed by atoms with Crippen LogP contribution < -0.4 is 5.73 Å². The van der Waals surface area contributed by atoms with Crippen LogP contribution in [0.4, 0.5) is 0 Å². The van der Waals surface area contributed by atoms with Crippen molar-refractivity contribution in [3.63, 3.8) is 0 Å². The maximum absolute atomic E-state index is 11.8. The molecule has 1 aliphatic rings. The van der Waals surface area contributed by atoms with Crippen molar-refractivity contribution in [2.45, 2.75) is 39.5 Å². The molecule has 84 valence electrons. The molecule has 2 unspecified atom stereocenters. The van der Waals surface area contributed by atoms with Gasteiger partial charge in [0.05, 0.1) is 0 Å². The van der Waals surface area contributed by atoms with E-state index in [1.165, 1.54) is 12.8 Å². The lowest BCUT2D eigenvalue weighted by molar-refractivity contribution is 0.525. The summed E-state index contributed by atoms with van der Waals surface area (Å²) in [6.07, 6.45) is 4.70. The first-order valence-corrected chi connectivity index (χ1v) is 7.16. The zero-order valence-electron chi connectivity index (χ0n) is 9.42. The summed E-state index contributed by atoms with van der Waals surface area (Å²) in [4.78, 5) is 0. The van der Waals surface area contributed by atoms with Crippen molar-refractivity contribution >= 4 is 10.8 Å². The van der Waals surface area contributed by atoms with E-state index in [9.17, 15) is 4.21 Å².